The molecule has 1 aliphatic rings. The summed E-state index contributed by atoms with van der Waals surface area (Å²) < 4.78 is 20.0. The van der Waals surface area contributed by atoms with Gasteiger partial charge in [0.25, 0.3) is 11.1 Å². The van der Waals surface area contributed by atoms with Crippen LogP contribution in [-0.4, -0.2) is 16.0 Å². The average Bonchev–Trinajstić information content (AvgIpc) is 3.03. The lowest BCUT2D eigenvalue weighted by molar-refractivity contribution is -0.123. The molecule has 1 saturated heterocycles. The van der Waals surface area contributed by atoms with E-state index in [0.29, 0.717) is 17.1 Å². The SMILES string of the molecule is O=C1S/C(=C\c2ccc(OCc3ccc(I)cc3)cc2)C(=O)N1Cc1ccc(F)cc1. The van der Waals surface area contributed by atoms with Crippen LogP contribution in [0, 0.1) is 9.39 Å². The number of thioether (sulfide) groups is 1. The fourth-order valence-corrected chi connectivity index (χ4v) is 4.17. The third-order valence-corrected chi connectivity index (χ3v) is 6.25. The minimum absolute atomic E-state index is 0.119. The van der Waals surface area contributed by atoms with Crippen molar-refractivity contribution < 1.29 is 18.7 Å². The maximum absolute atomic E-state index is 13.1. The zero-order chi connectivity index (χ0) is 21.8. The number of rotatable bonds is 6. The molecule has 0 radical (unpaired) electrons. The maximum atomic E-state index is 13.1. The second-order valence-corrected chi connectivity index (χ2v) is 9.12. The number of halogens is 2. The predicted molar refractivity (Wildman–Crippen MR) is 128 cm³/mol. The number of carbonyl (C=O) groups is 2. The molecule has 4 nitrogen and oxygen atoms in total. The van der Waals surface area contributed by atoms with Gasteiger partial charge in [0.05, 0.1) is 11.4 Å². The number of hydrogen-bond acceptors (Lipinski definition) is 4. The highest BCUT2D eigenvalue weighted by molar-refractivity contribution is 14.1. The van der Waals surface area contributed by atoms with Gasteiger partial charge < -0.3 is 4.74 Å². The number of ether oxygens (including phenoxy) is 1. The summed E-state index contributed by atoms with van der Waals surface area (Å²) in [5.74, 6) is 0.0160. The maximum Gasteiger partial charge on any atom is 0.293 e. The van der Waals surface area contributed by atoms with Gasteiger partial charge >= 0.3 is 0 Å². The minimum atomic E-state index is -0.358. The quantitative estimate of drug-likeness (QED) is 0.272. The van der Waals surface area contributed by atoms with Gasteiger partial charge in [0.2, 0.25) is 0 Å². The van der Waals surface area contributed by atoms with E-state index in [0.717, 1.165) is 28.6 Å². The lowest BCUT2D eigenvalue weighted by atomic mass is 10.2. The zero-order valence-electron chi connectivity index (χ0n) is 16.3. The van der Waals surface area contributed by atoms with E-state index in [1.54, 1.807) is 18.2 Å². The third kappa shape index (κ3) is 5.54. The molecule has 0 bridgehead atoms. The number of benzene rings is 3. The van der Waals surface area contributed by atoms with Gasteiger partial charge in [-0.05, 0) is 93.5 Å². The Morgan fingerprint density at radius 3 is 2.23 bits per heavy atom. The van der Waals surface area contributed by atoms with Crippen LogP contribution in [0.4, 0.5) is 9.18 Å². The molecule has 0 spiro atoms. The molecule has 1 fully saturated rings. The second-order valence-electron chi connectivity index (χ2n) is 6.88. The van der Waals surface area contributed by atoms with Gasteiger partial charge in [-0.15, -0.1) is 0 Å². The minimum Gasteiger partial charge on any atom is -0.489 e. The Hall–Kier alpha value is -2.65. The van der Waals surface area contributed by atoms with Gasteiger partial charge in [0.15, 0.2) is 0 Å². The van der Waals surface area contributed by atoms with Crippen molar-refractivity contribution in [3.8, 4) is 5.75 Å². The molecule has 31 heavy (non-hydrogen) atoms. The van der Waals surface area contributed by atoms with E-state index in [1.165, 1.54) is 20.6 Å². The summed E-state index contributed by atoms with van der Waals surface area (Å²) in [7, 11) is 0. The molecule has 2 amide bonds. The smallest absolute Gasteiger partial charge is 0.293 e. The van der Waals surface area contributed by atoms with Crippen LogP contribution in [0.1, 0.15) is 16.7 Å². The van der Waals surface area contributed by atoms with Gasteiger partial charge in [-0.1, -0.05) is 36.4 Å². The topological polar surface area (TPSA) is 46.6 Å². The molecular formula is C24H17FINO3S. The molecule has 0 atom stereocenters. The number of hydrogen-bond donors (Lipinski definition) is 0. The van der Waals surface area contributed by atoms with Gasteiger partial charge in [-0.3, -0.25) is 14.5 Å². The Bertz CT molecular complexity index is 1130. The van der Waals surface area contributed by atoms with Gasteiger partial charge in [0, 0.05) is 3.57 Å². The molecule has 0 unspecified atom stereocenters. The highest BCUT2D eigenvalue weighted by atomic mass is 127. The van der Waals surface area contributed by atoms with Crippen LogP contribution >= 0.6 is 34.4 Å². The number of imide groups is 1. The molecule has 7 heteroatoms. The normalized spacial score (nSPS) is 15.0. The van der Waals surface area contributed by atoms with Crippen LogP contribution in [0.3, 0.4) is 0 Å². The molecule has 0 aromatic heterocycles. The zero-order valence-corrected chi connectivity index (χ0v) is 19.2. The molecule has 156 valence electrons. The fraction of sp³-hybridized carbons (Fsp3) is 0.0833. The van der Waals surface area contributed by atoms with Crippen molar-refractivity contribution in [2.45, 2.75) is 13.2 Å². The van der Waals surface area contributed by atoms with Crippen molar-refractivity contribution in [3.05, 3.63) is 104 Å². The first-order chi connectivity index (χ1) is 15.0. The largest absolute Gasteiger partial charge is 0.489 e. The lowest BCUT2D eigenvalue weighted by Crippen LogP contribution is -2.27. The molecule has 1 heterocycles. The summed E-state index contributed by atoms with van der Waals surface area (Å²) in [6.45, 7) is 0.589. The first-order valence-electron chi connectivity index (χ1n) is 9.45. The fourth-order valence-electron chi connectivity index (χ4n) is 2.97. The highest BCUT2D eigenvalue weighted by Crippen LogP contribution is 2.33. The van der Waals surface area contributed by atoms with E-state index in [2.05, 4.69) is 22.6 Å². The Kier molecular flexibility index (Phi) is 6.72. The molecule has 3 aromatic rings. The van der Waals surface area contributed by atoms with Crippen LogP contribution in [0.15, 0.2) is 77.7 Å². The molecule has 4 rings (SSSR count). The van der Waals surface area contributed by atoms with Crippen LogP contribution in [-0.2, 0) is 17.9 Å². The number of amides is 2. The molecule has 1 aliphatic heterocycles. The molecule has 0 N–H and O–H groups in total. The third-order valence-electron chi connectivity index (χ3n) is 4.62. The Morgan fingerprint density at radius 2 is 1.55 bits per heavy atom. The highest BCUT2D eigenvalue weighted by Gasteiger charge is 2.34. The van der Waals surface area contributed by atoms with E-state index in [4.69, 9.17) is 4.74 Å². The first-order valence-corrected chi connectivity index (χ1v) is 11.3. The molecule has 0 saturated carbocycles. The lowest BCUT2D eigenvalue weighted by Gasteiger charge is -2.12. The van der Waals surface area contributed by atoms with Crippen LogP contribution in [0.5, 0.6) is 5.75 Å². The summed E-state index contributed by atoms with van der Waals surface area (Å²) in [6.07, 6.45) is 1.69. The Labute approximate surface area is 197 Å². The average molecular weight is 545 g/mol. The van der Waals surface area contributed by atoms with Crippen molar-refractivity contribution in [1.29, 1.82) is 0 Å². The Balaban J connectivity index is 1.39. The Morgan fingerprint density at radius 1 is 0.903 bits per heavy atom. The summed E-state index contributed by atoms with van der Waals surface area (Å²) in [5, 5.41) is -0.335. The van der Waals surface area contributed by atoms with Crippen LogP contribution in [0.25, 0.3) is 6.08 Å². The standard InChI is InChI=1S/C24H17FINO3S/c25-19-7-1-17(2-8-19)14-27-23(28)22(31-24(27)29)13-16-5-11-21(12-6-16)30-15-18-3-9-20(26)10-4-18/h1-13H,14-15H2/b22-13-. The van der Waals surface area contributed by atoms with Crippen LogP contribution in [0.2, 0.25) is 0 Å². The van der Waals surface area contributed by atoms with Gasteiger partial charge in [-0.2, -0.15) is 0 Å². The van der Waals surface area contributed by atoms with E-state index in [1.807, 2.05) is 48.5 Å². The second kappa shape index (κ2) is 9.65. The van der Waals surface area contributed by atoms with Crippen molar-refractivity contribution in [2.24, 2.45) is 0 Å². The van der Waals surface area contributed by atoms with Crippen molar-refractivity contribution in [2.75, 3.05) is 0 Å². The molecule has 3 aromatic carbocycles. The monoisotopic (exact) mass is 545 g/mol. The number of carbonyl (C=O) groups excluding carboxylic acids is 2. The van der Waals surface area contributed by atoms with E-state index >= 15 is 0 Å². The predicted octanol–water partition coefficient (Wildman–Crippen LogP) is 6.25. The van der Waals surface area contributed by atoms with E-state index < -0.39 is 0 Å². The summed E-state index contributed by atoms with van der Waals surface area (Å²) in [5.41, 5.74) is 2.58. The van der Waals surface area contributed by atoms with Gasteiger partial charge in [0.1, 0.15) is 18.2 Å². The number of nitrogens with zero attached hydrogens (tertiary/aromatic N) is 1. The van der Waals surface area contributed by atoms with Crippen molar-refractivity contribution in [3.63, 3.8) is 0 Å². The molecule has 0 aliphatic carbocycles. The summed E-state index contributed by atoms with van der Waals surface area (Å²) in [6, 6.07) is 21.2. The molecular weight excluding hydrogens is 528 g/mol. The van der Waals surface area contributed by atoms with Gasteiger partial charge in [-0.25, -0.2) is 4.39 Å². The van der Waals surface area contributed by atoms with Crippen LogP contribution < -0.4 is 4.74 Å². The summed E-state index contributed by atoms with van der Waals surface area (Å²) in [4.78, 5) is 26.5. The van der Waals surface area contributed by atoms with E-state index in [-0.39, 0.29) is 23.5 Å². The van der Waals surface area contributed by atoms with Crippen molar-refractivity contribution in [1.82, 2.24) is 4.90 Å². The summed E-state index contributed by atoms with van der Waals surface area (Å²) >= 11 is 3.17. The van der Waals surface area contributed by atoms with Crippen molar-refractivity contribution >= 4 is 51.6 Å². The first kappa shape index (κ1) is 21.6. The van der Waals surface area contributed by atoms with E-state index in [9.17, 15) is 14.0 Å².